The molecule has 1 aliphatic heterocycles. The van der Waals surface area contributed by atoms with Gasteiger partial charge in [0.1, 0.15) is 5.52 Å². The number of halogens is 1. The summed E-state index contributed by atoms with van der Waals surface area (Å²) in [5, 5.41) is 0.280. The van der Waals surface area contributed by atoms with E-state index in [0.717, 1.165) is 24.4 Å². The molecule has 0 atom stereocenters. The number of fused-ring (bicyclic) bond motifs is 1. The van der Waals surface area contributed by atoms with Crippen LogP contribution in [-0.4, -0.2) is 33.0 Å². The summed E-state index contributed by atoms with van der Waals surface area (Å²) in [4.78, 5) is 18.3. The number of aromatic nitrogens is 4. The van der Waals surface area contributed by atoms with Crippen LogP contribution in [0.1, 0.15) is 44.9 Å². The zero-order chi connectivity index (χ0) is 14.3. The smallest absolute Gasteiger partial charge is 0.226 e. The molecule has 3 heterocycles. The summed E-state index contributed by atoms with van der Waals surface area (Å²) in [6, 6.07) is 0. The van der Waals surface area contributed by atoms with Crippen molar-refractivity contribution in [2.45, 2.75) is 44.9 Å². The van der Waals surface area contributed by atoms with E-state index in [0.29, 0.717) is 11.1 Å². The summed E-state index contributed by atoms with van der Waals surface area (Å²) in [5.74, 6) is 0.910. The van der Waals surface area contributed by atoms with Gasteiger partial charge in [0.25, 0.3) is 0 Å². The van der Waals surface area contributed by atoms with Crippen LogP contribution in [0.15, 0.2) is 6.33 Å². The van der Waals surface area contributed by atoms with Gasteiger partial charge in [-0.05, 0) is 42.7 Å². The molecule has 6 heteroatoms. The van der Waals surface area contributed by atoms with Gasteiger partial charge in [-0.25, -0.2) is 4.98 Å². The van der Waals surface area contributed by atoms with E-state index < -0.39 is 0 Å². The number of aromatic amines is 1. The maximum atomic E-state index is 6.04. The maximum absolute atomic E-state index is 6.04. The Balaban J connectivity index is 1.58. The molecule has 1 N–H and O–H groups in total. The van der Waals surface area contributed by atoms with Crippen molar-refractivity contribution in [3.63, 3.8) is 0 Å². The zero-order valence-electron chi connectivity index (χ0n) is 12.1. The van der Waals surface area contributed by atoms with Gasteiger partial charge < -0.3 is 9.88 Å². The van der Waals surface area contributed by atoms with Crippen LogP contribution in [0.25, 0.3) is 11.2 Å². The molecule has 1 spiro atoms. The van der Waals surface area contributed by atoms with Gasteiger partial charge in [-0.1, -0.05) is 19.3 Å². The van der Waals surface area contributed by atoms with Crippen LogP contribution in [0.2, 0.25) is 5.28 Å². The molecule has 4 rings (SSSR count). The van der Waals surface area contributed by atoms with Gasteiger partial charge in [0.2, 0.25) is 5.28 Å². The van der Waals surface area contributed by atoms with Gasteiger partial charge in [0.15, 0.2) is 11.5 Å². The topological polar surface area (TPSA) is 57.7 Å². The van der Waals surface area contributed by atoms with Crippen molar-refractivity contribution in [1.82, 2.24) is 19.9 Å². The van der Waals surface area contributed by atoms with Crippen LogP contribution in [0, 0.1) is 5.41 Å². The van der Waals surface area contributed by atoms with E-state index in [4.69, 9.17) is 11.6 Å². The van der Waals surface area contributed by atoms with E-state index in [1.165, 1.54) is 44.9 Å². The molecule has 0 radical (unpaired) electrons. The predicted molar refractivity (Wildman–Crippen MR) is 83.7 cm³/mol. The molecule has 1 saturated heterocycles. The zero-order valence-corrected chi connectivity index (χ0v) is 12.9. The van der Waals surface area contributed by atoms with Gasteiger partial charge in [-0.15, -0.1) is 0 Å². The van der Waals surface area contributed by atoms with Gasteiger partial charge in [0, 0.05) is 13.1 Å². The minimum absolute atomic E-state index is 0.280. The second-order valence-corrected chi connectivity index (χ2v) is 6.80. The third-order valence-corrected chi connectivity index (χ3v) is 5.45. The minimum atomic E-state index is 0.280. The molecule has 2 aromatic rings. The monoisotopic (exact) mass is 305 g/mol. The highest BCUT2D eigenvalue weighted by Crippen LogP contribution is 2.45. The fraction of sp³-hybridized carbons (Fsp3) is 0.667. The molecule has 112 valence electrons. The SMILES string of the molecule is Clc1nc(N2CCC3(CCCCC3)CC2)c2[nH]cnc2n1. The number of H-pyrrole nitrogens is 1. The largest absolute Gasteiger partial charge is 0.355 e. The minimum Gasteiger partial charge on any atom is -0.355 e. The Labute approximate surface area is 129 Å². The lowest BCUT2D eigenvalue weighted by atomic mass is 9.68. The fourth-order valence-corrected chi connectivity index (χ4v) is 4.18. The average Bonchev–Trinajstić information content (AvgIpc) is 2.96. The Morgan fingerprint density at radius 1 is 1.05 bits per heavy atom. The van der Waals surface area contributed by atoms with E-state index in [1.54, 1.807) is 6.33 Å². The highest BCUT2D eigenvalue weighted by Gasteiger charge is 2.36. The van der Waals surface area contributed by atoms with Crippen LogP contribution in [-0.2, 0) is 0 Å². The van der Waals surface area contributed by atoms with E-state index in [9.17, 15) is 0 Å². The number of nitrogens with one attached hydrogen (secondary N) is 1. The number of rotatable bonds is 1. The van der Waals surface area contributed by atoms with Crippen LogP contribution in [0.4, 0.5) is 5.82 Å². The normalized spacial score (nSPS) is 22.0. The Morgan fingerprint density at radius 3 is 2.57 bits per heavy atom. The number of hydrogen-bond acceptors (Lipinski definition) is 4. The number of hydrogen-bond donors (Lipinski definition) is 1. The third kappa shape index (κ3) is 2.37. The van der Waals surface area contributed by atoms with Crippen molar-refractivity contribution in [3.05, 3.63) is 11.6 Å². The number of nitrogens with zero attached hydrogens (tertiary/aromatic N) is 4. The highest BCUT2D eigenvalue weighted by molar-refractivity contribution is 6.28. The first-order valence-electron chi connectivity index (χ1n) is 7.87. The molecule has 5 nitrogen and oxygen atoms in total. The molecule has 0 amide bonds. The molecule has 0 bridgehead atoms. The van der Waals surface area contributed by atoms with Crippen molar-refractivity contribution in [1.29, 1.82) is 0 Å². The molecule has 0 unspecified atom stereocenters. The van der Waals surface area contributed by atoms with Crippen molar-refractivity contribution >= 4 is 28.6 Å². The van der Waals surface area contributed by atoms with Crippen LogP contribution >= 0.6 is 11.6 Å². The van der Waals surface area contributed by atoms with Crippen molar-refractivity contribution < 1.29 is 0 Å². The van der Waals surface area contributed by atoms with Crippen LogP contribution in [0.5, 0.6) is 0 Å². The van der Waals surface area contributed by atoms with Gasteiger partial charge in [-0.3, -0.25) is 0 Å². The molecular weight excluding hydrogens is 286 g/mol. The number of piperidine rings is 1. The average molecular weight is 306 g/mol. The molecule has 21 heavy (non-hydrogen) atoms. The van der Waals surface area contributed by atoms with E-state index in [2.05, 4.69) is 24.8 Å². The lowest BCUT2D eigenvalue weighted by Crippen LogP contribution is -2.41. The Hall–Kier alpha value is -1.36. The van der Waals surface area contributed by atoms with Crippen LogP contribution in [0.3, 0.4) is 0 Å². The summed E-state index contributed by atoms with van der Waals surface area (Å²) in [6.45, 7) is 2.11. The summed E-state index contributed by atoms with van der Waals surface area (Å²) in [7, 11) is 0. The fourth-order valence-electron chi connectivity index (χ4n) is 4.02. The summed E-state index contributed by atoms with van der Waals surface area (Å²) in [6.07, 6.45) is 11.2. The lowest BCUT2D eigenvalue weighted by Gasteiger charge is -2.44. The van der Waals surface area contributed by atoms with Crippen molar-refractivity contribution in [3.8, 4) is 0 Å². The van der Waals surface area contributed by atoms with E-state index in [1.807, 2.05) is 0 Å². The molecule has 0 aromatic carbocycles. The number of imidazole rings is 1. The van der Waals surface area contributed by atoms with E-state index in [-0.39, 0.29) is 5.28 Å². The van der Waals surface area contributed by atoms with Gasteiger partial charge in [0.05, 0.1) is 6.33 Å². The highest BCUT2D eigenvalue weighted by atomic mass is 35.5. The van der Waals surface area contributed by atoms with E-state index >= 15 is 0 Å². The van der Waals surface area contributed by atoms with Gasteiger partial charge in [-0.2, -0.15) is 9.97 Å². The first-order valence-corrected chi connectivity index (χ1v) is 8.25. The molecule has 2 fully saturated rings. The van der Waals surface area contributed by atoms with Crippen molar-refractivity contribution in [2.75, 3.05) is 18.0 Å². The first-order chi connectivity index (χ1) is 10.3. The number of anilines is 1. The van der Waals surface area contributed by atoms with Crippen LogP contribution < -0.4 is 4.90 Å². The second-order valence-electron chi connectivity index (χ2n) is 6.47. The first kappa shape index (κ1) is 13.3. The molecule has 1 aliphatic carbocycles. The molecule has 2 aromatic heterocycles. The summed E-state index contributed by atoms with van der Waals surface area (Å²) < 4.78 is 0. The molecule has 2 aliphatic rings. The summed E-state index contributed by atoms with van der Waals surface area (Å²) in [5.41, 5.74) is 2.15. The van der Waals surface area contributed by atoms with Crippen molar-refractivity contribution in [2.24, 2.45) is 5.41 Å². The third-order valence-electron chi connectivity index (χ3n) is 5.28. The quantitative estimate of drug-likeness (QED) is 0.819. The van der Waals surface area contributed by atoms with Gasteiger partial charge >= 0.3 is 0 Å². The predicted octanol–water partition coefficient (Wildman–Crippen LogP) is 3.56. The Bertz CT molecular complexity index is 637. The second kappa shape index (κ2) is 5.13. The molecular formula is C15H20ClN5. The summed E-state index contributed by atoms with van der Waals surface area (Å²) >= 11 is 6.04. The molecule has 1 saturated carbocycles. The Kier molecular flexibility index (Phi) is 3.25. The Morgan fingerprint density at radius 2 is 1.81 bits per heavy atom. The lowest BCUT2D eigenvalue weighted by molar-refractivity contribution is 0.144. The standard InChI is InChI=1S/C15H20ClN5/c16-14-19-12-11(17-10-18-12)13(20-14)21-8-6-15(7-9-21)4-2-1-3-5-15/h10H,1-9H2,(H,17,18,19,20). The maximum Gasteiger partial charge on any atom is 0.226 e.